The molecular weight excluding hydrogens is 247 g/mol. The van der Waals surface area contributed by atoms with Crippen molar-refractivity contribution in [2.45, 2.75) is 31.6 Å². The summed E-state index contributed by atoms with van der Waals surface area (Å²) in [5.74, 6) is -0.897. The smallest absolute Gasteiger partial charge is 0.307 e. The fourth-order valence-electron chi connectivity index (χ4n) is 2.93. The summed E-state index contributed by atoms with van der Waals surface area (Å²) in [5, 5.41) is 9.29. The molecule has 1 aromatic carbocycles. The number of halogens is 1. The molecule has 0 bridgehead atoms. The monoisotopic (exact) mass is 262 g/mol. The normalized spacial score (nSPS) is 23.6. The Labute approximate surface area is 109 Å². The second-order valence-corrected chi connectivity index (χ2v) is 5.12. The Morgan fingerprint density at radius 3 is 2.95 bits per heavy atom. The number of hydrogen-bond donors (Lipinski definition) is 2. The largest absolute Gasteiger partial charge is 0.481 e. The summed E-state index contributed by atoms with van der Waals surface area (Å²) in [4.78, 5) is 18.8. The van der Waals surface area contributed by atoms with Gasteiger partial charge in [0, 0.05) is 5.92 Å². The average molecular weight is 262 g/mol. The van der Waals surface area contributed by atoms with Crippen molar-refractivity contribution in [1.82, 2.24) is 9.97 Å². The minimum absolute atomic E-state index is 0.0956. The molecule has 2 N–H and O–H groups in total. The van der Waals surface area contributed by atoms with Crippen LogP contribution in [0, 0.1) is 11.7 Å². The first-order valence-corrected chi connectivity index (χ1v) is 6.53. The topological polar surface area (TPSA) is 66.0 Å². The standard InChI is InChI=1S/C14H15FN2O2/c15-8-5-6-11-12(7-8)17-13(16-11)9-3-1-2-4-10(9)14(18)19/h5-7,9-10H,1-4H2,(H,16,17)(H,18,19). The van der Waals surface area contributed by atoms with Crippen molar-refractivity contribution in [3.63, 3.8) is 0 Å². The molecule has 1 aliphatic carbocycles. The van der Waals surface area contributed by atoms with Crippen LogP contribution in [0.5, 0.6) is 0 Å². The number of carbonyl (C=O) groups is 1. The predicted octanol–water partition coefficient (Wildman–Crippen LogP) is 3.06. The third-order valence-electron chi connectivity index (χ3n) is 3.90. The van der Waals surface area contributed by atoms with E-state index in [1.165, 1.54) is 12.1 Å². The first kappa shape index (κ1) is 12.1. The van der Waals surface area contributed by atoms with E-state index in [9.17, 15) is 14.3 Å². The van der Waals surface area contributed by atoms with Crippen LogP contribution in [0.2, 0.25) is 0 Å². The van der Waals surface area contributed by atoms with Gasteiger partial charge in [-0.25, -0.2) is 9.37 Å². The molecule has 2 aromatic rings. The summed E-state index contributed by atoms with van der Waals surface area (Å²) >= 11 is 0. The highest BCUT2D eigenvalue weighted by molar-refractivity contribution is 5.76. The van der Waals surface area contributed by atoms with E-state index < -0.39 is 5.97 Å². The van der Waals surface area contributed by atoms with E-state index in [4.69, 9.17) is 0 Å². The molecule has 19 heavy (non-hydrogen) atoms. The summed E-state index contributed by atoms with van der Waals surface area (Å²) in [6.45, 7) is 0. The minimum Gasteiger partial charge on any atom is -0.481 e. The van der Waals surface area contributed by atoms with Gasteiger partial charge in [-0.1, -0.05) is 12.8 Å². The van der Waals surface area contributed by atoms with Crippen LogP contribution < -0.4 is 0 Å². The number of aromatic amines is 1. The maximum absolute atomic E-state index is 13.2. The first-order valence-electron chi connectivity index (χ1n) is 6.53. The van der Waals surface area contributed by atoms with Crippen molar-refractivity contribution >= 4 is 17.0 Å². The molecule has 5 heteroatoms. The Morgan fingerprint density at radius 2 is 2.16 bits per heavy atom. The van der Waals surface area contributed by atoms with Crippen LogP contribution in [0.3, 0.4) is 0 Å². The molecule has 0 aliphatic heterocycles. The number of carboxylic acid groups (broad SMARTS) is 1. The second-order valence-electron chi connectivity index (χ2n) is 5.12. The summed E-state index contributed by atoms with van der Waals surface area (Å²) in [6.07, 6.45) is 3.47. The van der Waals surface area contributed by atoms with Gasteiger partial charge in [0.05, 0.1) is 17.0 Å². The summed E-state index contributed by atoms with van der Waals surface area (Å²) in [7, 11) is 0. The zero-order valence-corrected chi connectivity index (χ0v) is 10.4. The number of rotatable bonds is 2. The fraction of sp³-hybridized carbons (Fsp3) is 0.429. The van der Waals surface area contributed by atoms with Gasteiger partial charge in [-0.2, -0.15) is 0 Å². The van der Waals surface area contributed by atoms with E-state index in [0.29, 0.717) is 23.3 Å². The number of H-pyrrole nitrogens is 1. The second kappa shape index (κ2) is 4.64. The van der Waals surface area contributed by atoms with Crippen molar-refractivity contribution in [1.29, 1.82) is 0 Å². The van der Waals surface area contributed by atoms with Crippen LogP contribution in [0.25, 0.3) is 11.0 Å². The van der Waals surface area contributed by atoms with Gasteiger partial charge in [-0.05, 0) is 31.0 Å². The minimum atomic E-state index is -0.767. The number of hydrogen-bond acceptors (Lipinski definition) is 2. The van der Waals surface area contributed by atoms with Crippen LogP contribution >= 0.6 is 0 Å². The Bertz CT molecular complexity index is 623. The van der Waals surface area contributed by atoms with Gasteiger partial charge < -0.3 is 10.1 Å². The Balaban J connectivity index is 1.99. The van der Waals surface area contributed by atoms with Crippen molar-refractivity contribution < 1.29 is 14.3 Å². The molecule has 1 saturated carbocycles. The van der Waals surface area contributed by atoms with Crippen molar-refractivity contribution in [2.24, 2.45) is 5.92 Å². The maximum atomic E-state index is 13.2. The highest BCUT2D eigenvalue weighted by Gasteiger charge is 2.33. The lowest BCUT2D eigenvalue weighted by Crippen LogP contribution is -2.26. The lowest BCUT2D eigenvalue weighted by Gasteiger charge is -2.26. The van der Waals surface area contributed by atoms with Gasteiger partial charge in [0.1, 0.15) is 11.6 Å². The predicted molar refractivity (Wildman–Crippen MR) is 68.4 cm³/mol. The lowest BCUT2D eigenvalue weighted by molar-refractivity contribution is -0.143. The molecule has 2 unspecified atom stereocenters. The number of carboxylic acids is 1. The molecule has 0 spiro atoms. The van der Waals surface area contributed by atoms with Crippen molar-refractivity contribution in [2.75, 3.05) is 0 Å². The molecule has 2 atom stereocenters. The van der Waals surface area contributed by atoms with E-state index in [-0.39, 0.29) is 17.7 Å². The molecular formula is C14H15FN2O2. The van der Waals surface area contributed by atoms with Gasteiger partial charge in [-0.15, -0.1) is 0 Å². The summed E-state index contributed by atoms with van der Waals surface area (Å²) < 4.78 is 13.2. The van der Waals surface area contributed by atoms with Crippen molar-refractivity contribution in [3.8, 4) is 0 Å². The molecule has 3 rings (SSSR count). The van der Waals surface area contributed by atoms with Crippen LogP contribution in [0.4, 0.5) is 4.39 Å². The van der Waals surface area contributed by atoms with E-state index in [1.807, 2.05) is 0 Å². The van der Waals surface area contributed by atoms with Gasteiger partial charge in [0.15, 0.2) is 0 Å². The van der Waals surface area contributed by atoms with Crippen LogP contribution in [-0.2, 0) is 4.79 Å². The molecule has 1 aromatic heterocycles. The Kier molecular flexibility index (Phi) is 2.97. The lowest BCUT2D eigenvalue weighted by atomic mass is 9.79. The van der Waals surface area contributed by atoms with Gasteiger partial charge in [0.25, 0.3) is 0 Å². The molecule has 0 saturated heterocycles. The number of benzene rings is 1. The van der Waals surface area contributed by atoms with Gasteiger partial charge in [-0.3, -0.25) is 4.79 Å². The SMILES string of the molecule is O=C(O)C1CCCCC1c1nc2ccc(F)cc2[nH]1. The molecule has 1 fully saturated rings. The summed E-state index contributed by atoms with van der Waals surface area (Å²) in [6, 6.07) is 4.37. The number of nitrogens with one attached hydrogen (secondary N) is 1. The average Bonchev–Trinajstić information content (AvgIpc) is 2.81. The van der Waals surface area contributed by atoms with E-state index in [2.05, 4.69) is 9.97 Å². The van der Waals surface area contributed by atoms with E-state index >= 15 is 0 Å². The molecule has 1 heterocycles. The number of fused-ring (bicyclic) bond motifs is 1. The third-order valence-corrected chi connectivity index (χ3v) is 3.90. The molecule has 0 radical (unpaired) electrons. The number of aliphatic carboxylic acids is 1. The number of nitrogens with zero attached hydrogens (tertiary/aromatic N) is 1. The van der Waals surface area contributed by atoms with E-state index in [0.717, 1.165) is 19.3 Å². The Morgan fingerprint density at radius 1 is 1.37 bits per heavy atom. The third kappa shape index (κ3) is 2.20. The van der Waals surface area contributed by atoms with Gasteiger partial charge >= 0.3 is 5.97 Å². The maximum Gasteiger partial charge on any atom is 0.307 e. The highest BCUT2D eigenvalue weighted by Crippen LogP contribution is 2.37. The quantitative estimate of drug-likeness (QED) is 0.874. The van der Waals surface area contributed by atoms with Crippen molar-refractivity contribution in [3.05, 3.63) is 29.8 Å². The molecule has 4 nitrogen and oxygen atoms in total. The fourth-order valence-corrected chi connectivity index (χ4v) is 2.93. The number of aromatic nitrogens is 2. The van der Waals surface area contributed by atoms with Crippen LogP contribution in [-0.4, -0.2) is 21.0 Å². The Hall–Kier alpha value is -1.91. The zero-order valence-electron chi connectivity index (χ0n) is 10.4. The van der Waals surface area contributed by atoms with E-state index in [1.54, 1.807) is 6.07 Å². The zero-order chi connectivity index (χ0) is 13.4. The van der Waals surface area contributed by atoms with Crippen LogP contribution in [0.1, 0.15) is 37.4 Å². The molecule has 100 valence electrons. The number of imidazole rings is 1. The molecule has 0 amide bonds. The highest BCUT2D eigenvalue weighted by atomic mass is 19.1. The molecule has 1 aliphatic rings. The summed E-state index contributed by atoms with van der Waals surface area (Å²) in [5.41, 5.74) is 1.32. The first-order chi connectivity index (χ1) is 9.15. The van der Waals surface area contributed by atoms with Crippen LogP contribution in [0.15, 0.2) is 18.2 Å². The van der Waals surface area contributed by atoms with Gasteiger partial charge in [0.2, 0.25) is 0 Å².